The number of aryl methyl sites for hydroxylation is 2. The van der Waals surface area contributed by atoms with Crippen molar-refractivity contribution in [1.29, 1.82) is 0 Å². The summed E-state index contributed by atoms with van der Waals surface area (Å²) in [6.45, 7) is 5.69. The van der Waals surface area contributed by atoms with Gasteiger partial charge < -0.3 is 5.11 Å². The first kappa shape index (κ1) is 14.9. The normalized spacial score (nSPS) is 15.6. The zero-order chi connectivity index (χ0) is 14.8. The second-order valence-electron chi connectivity index (χ2n) is 5.45. The average molecular weight is 288 g/mol. The highest BCUT2D eigenvalue weighted by Crippen LogP contribution is 2.24. The van der Waals surface area contributed by atoms with E-state index in [-0.39, 0.29) is 5.75 Å². The van der Waals surface area contributed by atoms with E-state index in [2.05, 4.69) is 0 Å². The molecule has 1 N–H and O–H groups in total. The minimum Gasteiger partial charge on any atom is -0.384 e. The molecule has 2 aromatic rings. The van der Waals surface area contributed by atoms with E-state index in [0.717, 1.165) is 21.6 Å². The Morgan fingerprint density at radius 1 is 1.05 bits per heavy atom. The van der Waals surface area contributed by atoms with Crippen molar-refractivity contribution in [3.05, 3.63) is 65.2 Å². The second kappa shape index (κ2) is 5.90. The SMILES string of the molecule is Cc1ccc(S(=O)C[C@@](C)(O)c2cccc(C)c2)cc1. The molecule has 0 aliphatic rings. The molecule has 2 atom stereocenters. The van der Waals surface area contributed by atoms with Crippen LogP contribution in [0.3, 0.4) is 0 Å². The predicted molar refractivity (Wildman–Crippen MR) is 83.2 cm³/mol. The smallest absolute Gasteiger partial charge is 0.0987 e. The average Bonchev–Trinajstić information content (AvgIpc) is 2.39. The third-order valence-electron chi connectivity index (χ3n) is 3.34. The fourth-order valence-electron chi connectivity index (χ4n) is 2.09. The molecule has 20 heavy (non-hydrogen) atoms. The summed E-state index contributed by atoms with van der Waals surface area (Å²) >= 11 is 0. The first-order chi connectivity index (χ1) is 9.38. The van der Waals surface area contributed by atoms with Crippen LogP contribution in [0, 0.1) is 13.8 Å². The van der Waals surface area contributed by atoms with Crippen molar-refractivity contribution in [2.45, 2.75) is 31.3 Å². The standard InChI is InChI=1S/C17H20O2S/c1-13-7-9-16(10-8-13)20(19)12-17(3,18)15-6-4-5-14(2)11-15/h4-11,18H,12H2,1-3H3/t17-,20?/m1/s1. The molecule has 0 radical (unpaired) electrons. The highest BCUT2D eigenvalue weighted by Gasteiger charge is 2.26. The molecule has 3 heteroatoms. The topological polar surface area (TPSA) is 37.3 Å². The lowest BCUT2D eigenvalue weighted by molar-refractivity contribution is 0.0829. The molecule has 0 aromatic heterocycles. The van der Waals surface area contributed by atoms with Crippen molar-refractivity contribution in [3.63, 3.8) is 0 Å². The molecule has 0 amide bonds. The van der Waals surface area contributed by atoms with Crippen molar-refractivity contribution < 1.29 is 9.32 Å². The van der Waals surface area contributed by atoms with Gasteiger partial charge in [-0.05, 0) is 38.5 Å². The molecule has 0 heterocycles. The molecule has 0 saturated carbocycles. The van der Waals surface area contributed by atoms with Gasteiger partial charge in [0.25, 0.3) is 0 Å². The predicted octanol–water partition coefficient (Wildman–Crippen LogP) is 3.32. The van der Waals surface area contributed by atoms with Gasteiger partial charge in [0.1, 0.15) is 0 Å². The van der Waals surface area contributed by atoms with Crippen LogP contribution in [0.1, 0.15) is 23.6 Å². The highest BCUT2D eigenvalue weighted by atomic mass is 32.2. The molecule has 2 aromatic carbocycles. The Bertz CT molecular complexity index is 615. The quantitative estimate of drug-likeness (QED) is 0.937. The van der Waals surface area contributed by atoms with Gasteiger partial charge in [0.05, 0.1) is 22.2 Å². The van der Waals surface area contributed by atoms with E-state index < -0.39 is 16.4 Å². The van der Waals surface area contributed by atoms with E-state index in [0.29, 0.717) is 0 Å². The van der Waals surface area contributed by atoms with Crippen molar-refractivity contribution in [3.8, 4) is 0 Å². The Kier molecular flexibility index (Phi) is 4.41. The third kappa shape index (κ3) is 3.56. The van der Waals surface area contributed by atoms with E-state index in [1.165, 1.54) is 0 Å². The number of rotatable bonds is 4. The van der Waals surface area contributed by atoms with Crippen LogP contribution in [0.5, 0.6) is 0 Å². The van der Waals surface area contributed by atoms with Gasteiger partial charge in [-0.2, -0.15) is 0 Å². The van der Waals surface area contributed by atoms with E-state index >= 15 is 0 Å². The lowest BCUT2D eigenvalue weighted by Gasteiger charge is -2.23. The van der Waals surface area contributed by atoms with Gasteiger partial charge in [0.15, 0.2) is 0 Å². The van der Waals surface area contributed by atoms with E-state index in [1.807, 2.05) is 62.4 Å². The molecule has 0 spiro atoms. The van der Waals surface area contributed by atoms with Gasteiger partial charge >= 0.3 is 0 Å². The molecule has 2 nitrogen and oxygen atoms in total. The monoisotopic (exact) mass is 288 g/mol. The van der Waals surface area contributed by atoms with Crippen molar-refractivity contribution in [2.24, 2.45) is 0 Å². The van der Waals surface area contributed by atoms with Crippen LogP contribution < -0.4 is 0 Å². The van der Waals surface area contributed by atoms with Crippen LogP contribution in [0.4, 0.5) is 0 Å². The van der Waals surface area contributed by atoms with Crippen LogP contribution in [0.15, 0.2) is 53.4 Å². The summed E-state index contributed by atoms with van der Waals surface area (Å²) in [7, 11) is -1.22. The summed E-state index contributed by atoms with van der Waals surface area (Å²) in [5.41, 5.74) is 1.93. The van der Waals surface area contributed by atoms with Crippen LogP contribution in [0.25, 0.3) is 0 Å². The van der Waals surface area contributed by atoms with Crippen molar-refractivity contribution >= 4 is 10.8 Å². The van der Waals surface area contributed by atoms with Crippen molar-refractivity contribution in [1.82, 2.24) is 0 Å². The van der Waals surface area contributed by atoms with Gasteiger partial charge in [0.2, 0.25) is 0 Å². The number of hydrogen-bond acceptors (Lipinski definition) is 2. The summed E-state index contributed by atoms with van der Waals surface area (Å²) in [5.74, 6) is 0.194. The number of aliphatic hydroxyl groups is 1. The fourth-order valence-corrected chi connectivity index (χ4v) is 3.38. The molecule has 2 rings (SSSR count). The Balaban J connectivity index is 2.19. The molecule has 106 valence electrons. The van der Waals surface area contributed by atoms with Crippen LogP contribution >= 0.6 is 0 Å². The zero-order valence-corrected chi connectivity index (χ0v) is 12.9. The summed E-state index contributed by atoms with van der Waals surface area (Å²) in [6, 6.07) is 15.3. The lowest BCUT2D eigenvalue weighted by atomic mass is 9.97. The van der Waals surface area contributed by atoms with Crippen molar-refractivity contribution in [2.75, 3.05) is 5.75 Å². The second-order valence-corrected chi connectivity index (χ2v) is 6.90. The molecular formula is C17H20O2S. The zero-order valence-electron chi connectivity index (χ0n) is 12.1. The van der Waals surface area contributed by atoms with E-state index in [4.69, 9.17) is 0 Å². The van der Waals surface area contributed by atoms with Gasteiger partial charge in [-0.1, -0.05) is 47.5 Å². The van der Waals surface area contributed by atoms with E-state index in [1.54, 1.807) is 6.92 Å². The number of benzene rings is 2. The third-order valence-corrected chi connectivity index (χ3v) is 4.96. The maximum Gasteiger partial charge on any atom is 0.0987 e. The Morgan fingerprint density at radius 2 is 1.70 bits per heavy atom. The Labute approximate surface area is 122 Å². The summed E-state index contributed by atoms with van der Waals surface area (Å²) in [5, 5.41) is 10.6. The van der Waals surface area contributed by atoms with Gasteiger partial charge in [-0.25, -0.2) is 0 Å². The van der Waals surface area contributed by atoms with E-state index in [9.17, 15) is 9.32 Å². The Morgan fingerprint density at radius 3 is 2.30 bits per heavy atom. The summed E-state index contributed by atoms with van der Waals surface area (Å²) in [4.78, 5) is 0.753. The molecule has 0 aliphatic carbocycles. The first-order valence-corrected chi connectivity index (χ1v) is 7.95. The molecule has 0 saturated heterocycles. The molecule has 0 fully saturated rings. The molecule has 0 aliphatic heterocycles. The van der Waals surface area contributed by atoms with Gasteiger partial charge in [-0.15, -0.1) is 0 Å². The minimum absolute atomic E-state index is 0.194. The fraction of sp³-hybridized carbons (Fsp3) is 0.294. The molecule has 1 unspecified atom stereocenters. The van der Waals surface area contributed by atoms with Gasteiger partial charge in [0, 0.05) is 4.90 Å². The minimum atomic E-state index is -1.22. The first-order valence-electron chi connectivity index (χ1n) is 6.63. The summed E-state index contributed by atoms with van der Waals surface area (Å²) in [6.07, 6.45) is 0. The maximum atomic E-state index is 12.4. The highest BCUT2D eigenvalue weighted by molar-refractivity contribution is 7.85. The maximum absolute atomic E-state index is 12.4. The lowest BCUT2D eigenvalue weighted by Crippen LogP contribution is -2.28. The molecule has 0 bridgehead atoms. The van der Waals surface area contributed by atoms with Crippen LogP contribution in [-0.4, -0.2) is 15.1 Å². The van der Waals surface area contributed by atoms with Crippen LogP contribution in [0.2, 0.25) is 0 Å². The Hall–Kier alpha value is -1.45. The largest absolute Gasteiger partial charge is 0.384 e. The molecular weight excluding hydrogens is 268 g/mol. The number of hydrogen-bond donors (Lipinski definition) is 1. The van der Waals surface area contributed by atoms with Gasteiger partial charge in [-0.3, -0.25) is 4.21 Å². The van der Waals surface area contributed by atoms with Crippen LogP contribution in [-0.2, 0) is 16.4 Å². The summed E-state index contributed by atoms with van der Waals surface area (Å²) < 4.78 is 12.4.